The quantitative estimate of drug-likeness (QED) is 0.938. The third-order valence-corrected chi connectivity index (χ3v) is 4.18. The topological polar surface area (TPSA) is 59.1 Å². The molecule has 2 rings (SSSR count). The minimum atomic E-state index is -3.50. The van der Waals surface area contributed by atoms with Crippen LogP contribution in [0.3, 0.4) is 0 Å². The number of nitrogens with one attached hydrogen (secondary N) is 1. The van der Waals surface area contributed by atoms with Crippen molar-refractivity contribution in [1.29, 1.82) is 0 Å². The molecule has 2 aromatic rings. The number of halogens is 1. The smallest absolute Gasteiger partial charge is 0.242 e. The molecule has 0 spiro atoms. The molecule has 0 saturated heterocycles. The Bertz CT molecular complexity index is 630. The van der Waals surface area contributed by atoms with Gasteiger partial charge in [0.05, 0.1) is 0 Å². The van der Waals surface area contributed by atoms with Gasteiger partial charge in [0, 0.05) is 23.4 Å². The number of hydrogen-bond acceptors (Lipinski definition) is 3. The van der Waals surface area contributed by atoms with Gasteiger partial charge in [-0.05, 0) is 29.8 Å². The molecular weight excluding hydrogens is 316 g/mol. The van der Waals surface area contributed by atoms with Crippen LogP contribution in [0.15, 0.2) is 58.2 Å². The minimum Gasteiger partial charge on any atom is -0.263 e. The highest BCUT2D eigenvalue weighted by Crippen LogP contribution is 2.12. The predicted molar refractivity (Wildman–Crippen MR) is 72.4 cm³/mol. The van der Waals surface area contributed by atoms with E-state index in [0.29, 0.717) is 0 Å². The molecule has 0 radical (unpaired) electrons. The zero-order valence-corrected chi connectivity index (χ0v) is 11.8. The van der Waals surface area contributed by atoms with Gasteiger partial charge in [0.2, 0.25) is 10.0 Å². The maximum atomic E-state index is 11.9. The van der Waals surface area contributed by atoms with E-state index in [1.165, 1.54) is 18.5 Å². The number of sulfonamides is 1. The molecule has 0 bridgehead atoms. The first-order chi connectivity index (χ1) is 8.58. The Balaban J connectivity index is 2.11. The lowest BCUT2D eigenvalue weighted by Crippen LogP contribution is -2.23. The molecule has 0 saturated carbocycles. The fourth-order valence-corrected chi connectivity index (χ4v) is 2.84. The number of aromatic nitrogens is 1. The van der Waals surface area contributed by atoms with E-state index in [2.05, 4.69) is 25.6 Å². The number of pyridine rings is 1. The number of hydrogen-bond donors (Lipinski definition) is 1. The Hall–Kier alpha value is -1.24. The van der Waals surface area contributed by atoms with Crippen LogP contribution in [-0.2, 0) is 16.6 Å². The van der Waals surface area contributed by atoms with E-state index in [4.69, 9.17) is 0 Å². The molecule has 18 heavy (non-hydrogen) atoms. The van der Waals surface area contributed by atoms with Gasteiger partial charge in [-0.25, -0.2) is 13.1 Å². The van der Waals surface area contributed by atoms with Gasteiger partial charge in [-0.2, -0.15) is 0 Å². The van der Waals surface area contributed by atoms with Crippen LogP contribution in [0.4, 0.5) is 0 Å². The maximum Gasteiger partial charge on any atom is 0.242 e. The van der Waals surface area contributed by atoms with E-state index < -0.39 is 10.0 Å². The Labute approximate surface area is 114 Å². The first-order valence-corrected chi connectivity index (χ1v) is 7.50. The van der Waals surface area contributed by atoms with Crippen molar-refractivity contribution in [2.24, 2.45) is 0 Å². The van der Waals surface area contributed by atoms with Crippen molar-refractivity contribution in [2.75, 3.05) is 0 Å². The molecule has 0 aliphatic heterocycles. The van der Waals surface area contributed by atoms with Crippen molar-refractivity contribution in [3.8, 4) is 0 Å². The zero-order chi connectivity index (χ0) is 13.0. The summed E-state index contributed by atoms with van der Waals surface area (Å²) >= 11 is 3.34. The average Bonchev–Trinajstić information content (AvgIpc) is 2.38. The highest BCUT2D eigenvalue weighted by atomic mass is 79.9. The fourth-order valence-electron chi connectivity index (χ4n) is 1.41. The van der Waals surface area contributed by atoms with E-state index in [9.17, 15) is 8.42 Å². The number of nitrogens with zero attached hydrogens (tertiary/aromatic N) is 1. The second kappa shape index (κ2) is 5.60. The molecule has 0 unspecified atom stereocenters. The second-order valence-corrected chi connectivity index (χ2v) is 6.33. The molecule has 1 N–H and O–H groups in total. The van der Waals surface area contributed by atoms with Gasteiger partial charge in [-0.1, -0.05) is 28.1 Å². The lowest BCUT2D eigenvalue weighted by molar-refractivity contribution is 0.581. The van der Waals surface area contributed by atoms with Gasteiger partial charge in [0.25, 0.3) is 0 Å². The summed E-state index contributed by atoms with van der Waals surface area (Å²) in [7, 11) is -3.50. The third-order valence-electron chi connectivity index (χ3n) is 2.30. The summed E-state index contributed by atoms with van der Waals surface area (Å²) in [5, 5.41) is 0. The number of rotatable bonds is 4. The van der Waals surface area contributed by atoms with Gasteiger partial charge in [0.1, 0.15) is 4.90 Å². The van der Waals surface area contributed by atoms with E-state index >= 15 is 0 Å². The monoisotopic (exact) mass is 326 g/mol. The van der Waals surface area contributed by atoms with Crippen molar-refractivity contribution >= 4 is 26.0 Å². The third kappa shape index (κ3) is 3.38. The Morgan fingerprint density at radius 2 is 2.06 bits per heavy atom. The fraction of sp³-hybridized carbons (Fsp3) is 0.0833. The predicted octanol–water partition coefficient (Wildman–Crippen LogP) is 2.32. The van der Waals surface area contributed by atoms with Gasteiger partial charge in [-0.3, -0.25) is 4.98 Å². The van der Waals surface area contributed by atoms with E-state index in [1.54, 1.807) is 6.07 Å². The van der Waals surface area contributed by atoms with Crippen molar-refractivity contribution in [1.82, 2.24) is 9.71 Å². The molecule has 0 fully saturated rings. The molecule has 0 aliphatic rings. The van der Waals surface area contributed by atoms with Gasteiger partial charge < -0.3 is 0 Å². The first-order valence-electron chi connectivity index (χ1n) is 5.22. The van der Waals surface area contributed by atoms with Crippen LogP contribution in [0.2, 0.25) is 0 Å². The Morgan fingerprint density at radius 3 is 2.72 bits per heavy atom. The van der Waals surface area contributed by atoms with Crippen LogP contribution < -0.4 is 4.72 Å². The molecular formula is C12H11BrN2O2S. The summed E-state index contributed by atoms with van der Waals surface area (Å²) in [5.41, 5.74) is 0.886. The van der Waals surface area contributed by atoms with Gasteiger partial charge >= 0.3 is 0 Å². The van der Waals surface area contributed by atoms with Crippen molar-refractivity contribution in [2.45, 2.75) is 11.4 Å². The highest BCUT2D eigenvalue weighted by Gasteiger charge is 2.13. The zero-order valence-electron chi connectivity index (χ0n) is 9.38. The summed E-state index contributed by atoms with van der Waals surface area (Å²) in [5.74, 6) is 0. The normalized spacial score (nSPS) is 11.4. The molecule has 1 heterocycles. The minimum absolute atomic E-state index is 0.167. The van der Waals surface area contributed by atoms with Gasteiger partial charge in [0.15, 0.2) is 0 Å². The van der Waals surface area contributed by atoms with Crippen LogP contribution in [0.1, 0.15) is 5.56 Å². The summed E-state index contributed by atoms with van der Waals surface area (Å²) in [4.78, 5) is 3.96. The standard InChI is InChI=1S/C12H11BrN2O2S/c13-11-4-1-3-10(7-11)8-15-18(16,17)12-5-2-6-14-9-12/h1-7,9,15H,8H2. The molecule has 0 amide bonds. The van der Waals surface area contributed by atoms with Crippen LogP contribution in [0, 0.1) is 0 Å². The molecule has 6 heteroatoms. The van der Waals surface area contributed by atoms with Crippen molar-refractivity contribution in [3.63, 3.8) is 0 Å². The lowest BCUT2D eigenvalue weighted by atomic mass is 10.2. The van der Waals surface area contributed by atoms with E-state index in [1.807, 2.05) is 24.3 Å². The number of benzene rings is 1. The van der Waals surface area contributed by atoms with Crippen LogP contribution in [-0.4, -0.2) is 13.4 Å². The second-order valence-electron chi connectivity index (χ2n) is 3.64. The molecule has 4 nitrogen and oxygen atoms in total. The SMILES string of the molecule is O=S(=O)(NCc1cccc(Br)c1)c1cccnc1. The van der Waals surface area contributed by atoms with Crippen molar-refractivity contribution in [3.05, 3.63) is 58.8 Å². The first kappa shape index (κ1) is 13.2. The summed E-state index contributed by atoms with van der Waals surface area (Å²) in [6.07, 6.45) is 2.86. The molecule has 1 aromatic carbocycles. The van der Waals surface area contributed by atoms with Crippen LogP contribution in [0.25, 0.3) is 0 Å². The lowest BCUT2D eigenvalue weighted by Gasteiger charge is -2.06. The molecule has 1 aromatic heterocycles. The average molecular weight is 327 g/mol. The maximum absolute atomic E-state index is 11.9. The van der Waals surface area contributed by atoms with Crippen LogP contribution in [0.5, 0.6) is 0 Å². The van der Waals surface area contributed by atoms with E-state index in [0.717, 1.165) is 10.0 Å². The van der Waals surface area contributed by atoms with Crippen LogP contribution >= 0.6 is 15.9 Å². The Kier molecular flexibility index (Phi) is 4.11. The summed E-state index contributed by atoms with van der Waals surface area (Å²) in [6.45, 7) is 0.247. The highest BCUT2D eigenvalue weighted by molar-refractivity contribution is 9.10. The molecule has 94 valence electrons. The summed E-state index contributed by atoms with van der Waals surface area (Å²) in [6, 6.07) is 10.6. The Morgan fingerprint density at radius 1 is 1.22 bits per heavy atom. The largest absolute Gasteiger partial charge is 0.263 e. The molecule has 0 aliphatic carbocycles. The summed E-state index contributed by atoms with van der Waals surface area (Å²) < 4.78 is 27.3. The van der Waals surface area contributed by atoms with Gasteiger partial charge in [-0.15, -0.1) is 0 Å². The van der Waals surface area contributed by atoms with Crippen molar-refractivity contribution < 1.29 is 8.42 Å². The molecule has 0 atom stereocenters. The van der Waals surface area contributed by atoms with E-state index in [-0.39, 0.29) is 11.4 Å².